The van der Waals surface area contributed by atoms with Crippen LogP contribution in [0.3, 0.4) is 0 Å². The Hall–Kier alpha value is -1.89. The van der Waals surface area contributed by atoms with Gasteiger partial charge in [-0.15, -0.1) is 0 Å². The quantitative estimate of drug-likeness (QED) is 0.883. The van der Waals surface area contributed by atoms with E-state index in [9.17, 15) is 4.79 Å². The summed E-state index contributed by atoms with van der Waals surface area (Å²) in [6.07, 6.45) is 1.09. The second kappa shape index (κ2) is 7.04. The van der Waals surface area contributed by atoms with Crippen molar-refractivity contribution in [3.05, 3.63) is 12.3 Å². The van der Waals surface area contributed by atoms with Gasteiger partial charge in [-0.25, -0.2) is 9.78 Å². The molecule has 1 N–H and O–H groups in total. The molecule has 2 heterocycles. The van der Waals surface area contributed by atoms with Gasteiger partial charge in [0, 0.05) is 38.4 Å². The van der Waals surface area contributed by atoms with Crippen LogP contribution in [0.2, 0.25) is 0 Å². The summed E-state index contributed by atoms with van der Waals surface area (Å²) in [7, 11) is 0. The van der Waals surface area contributed by atoms with Gasteiger partial charge in [0.2, 0.25) is 5.88 Å². The number of carbonyl (C=O) groups excluding carboxylic acids is 1. The Bertz CT molecular complexity index is 447. The molecular weight excluding hydrogens is 260 g/mol. The van der Waals surface area contributed by atoms with Crippen molar-refractivity contribution < 1.29 is 14.3 Å². The fraction of sp³-hybridized carbons (Fsp3) is 0.615. The minimum atomic E-state index is -0.424. The predicted molar refractivity (Wildman–Crippen MR) is 72.8 cm³/mol. The van der Waals surface area contributed by atoms with Crippen molar-refractivity contribution >= 4 is 6.09 Å². The first-order chi connectivity index (χ1) is 9.65. The summed E-state index contributed by atoms with van der Waals surface area (Å²) in [6, 6.07) is 1.67. The van der Waals surface area contributed by atoms with Gasteiger partial charge in [-0.05, 0) is 5.92 Å². The highest BCUT2D eigenvalue weighted by Crippen LogP contribution is 2.12. The van der Waals surface area contributed by atoms with E-state index in [0.29, 0.717) is 31.5 Å². The number of piperazine rings is 1. The van der Waals surface area contributed by atoms with Crippen LogP contribution in [0.1, 0.15) is 13.8 Å². The maximum atomic E-state index is 11.9. The number of carbonyl (C=O) groups is 1. The van der Waals surface area contributed by atoms with Crippen LogP contribution < -0.4 is 14.8 Å². The van der Waals surface area contributed by atoms with Crippen molar-refractivity contribution in [1.82, 2.24) is 20.2 Å². The first-order valence-corrected chi connectivity index (χ1v) is 6.78. The van der Waals surface area contributed by atoms with Crippen LogP contribution in [0.5, 0.6) is 11.9 Å². The van der Waals surface area contributed by atoms with Gasteiger partial charge in [-0.3, -0.25) is 0 Å². The Morgan fingerprint density at radius 2 is 2.20 bits per heavy atom. The molecule has 0 atom stereocenters. The van der Waals surface area contributed by atoms with E-state index in [1.165, 1.54) is 6.20 Å². The molecule has 7 heteroatoms. The van der Waals surface area contributed by atoms with Gasteiger partial charge in [0.15, 0.2) is 0 Å². The molecule has 0 aliphatic carbocycles. The van der Waals surface area contributed by atoms with Gasteiger partial charge in [0.25, 0.3) is 0 Å². The SMILES string of the molecule is CC(C)COc1ccnc(OC(=O)N2CCNCC2)n1. The van der Waals surface area contributed by atoms with E-state index in [4.69, 9.17) is 9.47 Å². The molecule has 0 unspecified atom stereocenters. The fourth-order valence-electron chi connectivity index (χ4n) is 1.70. The standard InChI is InChI=1S/C13H20N4O3/c1-10(2)9-19-11-3-4-15-12(16-11)20-13(18)17-7-5-14-6-8-17/h3-4,10,14H,5-9H2,1-2H3. The van der Waals surface area contributed by atoms with E-state index in [2.05, 4.69) is 15.3 Å². The molecule has 1 aromatic heterocycles. The molecular formula is C13H20N4O3. The number of amides is 1. The van der Waals surface area contributed by atoms with Crippen molar-refractivity contribution in [2.24, 2.45) is 5.92 Å². The Morgan fingerprint density at radius 1 is 1.45 bits per heavy atom. The molecule has 1 saturated heterocycles. The number of hydrogen-bond acceptors (Lipinski definition) is 6. The highest BCUT2D eigenvalue weighted by atomic mass is 16.6. The maximum absolute atomic E-state index is 11.9. The van der Waals surface area contributed by atoms with Crippen LogP contribution in [0.15, 0.2) is 12.3 Å². The zero-order valence-electron chi connectivity index (χ0n) is 11.8. The summed E-state index contributed by atoms with van der Waals surface area (Å²) in [5.41, 5.74) is 0. The average Bonchev–Trinajstić information content (AvgIpc) is 2.46. The lowest BCUT2D eigenvalue weighted by atomic mass is 10.2. The van der Waals surface area contributed by atoms with Crippen molar-refractivity contribution in [2.75, 3.05) is 32.8 Å². The highest BCUT2D eigenvalue weighted by molar-refractivity contribution is 5.69. The number of nitrogens with zero attached hydrogens (tertiary/aromatic N) is 3. The second-order valence-corrected chi connectivity index (χ2v) is 4.99. The minimum Gasteiger partial charge on any atom is -0.477 e. The molecule has 2 rings (SSSR count). The van der Waals surface area contributed by atoms with Crippen molar-refractivity contribution in [3.63, 3.8) is 0 Å². The molecule has 7 nitrogen and oxygen atoms in total. The summed E-state index contributed by atoms with van der Waals surface area (Å²) < 4.78 is 10.6. The molecule has 1 amide bonds. The molecule has 0 radical (unpaired) electrons. The zero-order chi connectivity index (χ0) is 14.4. The maximum Gasteiger partial charge on any atom is 0.417 e. The lowest BCUT2D eigenvalue weighted by Gasteiger charge is -2.25. The number of ether oxygens (including phenoxy) is 2. The number of nitrogens with one attached hydrogen (secondary N) is 1. The molecule has 0 saturated carbocycles. The summed E-state index contributed by atoms with van der Waals surface area (Å²) in [5.74, 6) is 0.814. The summed E-state index contributed by atoms with van der Waals surface area (Å²) in [6.45, 7) is 7.45. The Kier molecular flexibility index (Phi) is 5.11. The van der Waals surface area contributed by atoms with E-state index in [0.717, 1.165) is 13.1 Å². The fourth-order valence-corrected chi connectivity index (χ4v) is 1.70. The van der Waals surface area contributed by atoms with Crippen LogP contribution in [0, 0.1) is 5.92 Å². The van der Waals surface area contributed by atoms with Crippen molar-refractivity contribution in [3.8, 4) is 11.9 Å². The van der Waals surface area contributed by atoms with Crippen LogP contribution in [-0.4, -0.2) is 53.7 Å². The van der Waals surface area contributed by atoms with E-state index in [-0.39, 0.29) is 6.01 Å². The lowest BCUT2D eigenvalue weighted by Crippen LogP contribution is -2.47. The molecule has 0 bridgehead atoms. The van der Waals surface area contributed by atoms with Gasteiger partial charge in [0.05, 0.1) is 6.61 Å². The Labute approximate surface area is 118 Å². The summed E-state index contributed by atoms with van der Waals surface area (Å²) >= 11 is 0. The predicted octanol–water partition coefficient (Wildman–Crippen LogP) is 0.915. The summed E-state index contributed by atoms with van der Waals surface area (Å²) in [4.78, 5) is 21.5. The molecule has 1 aromatic rings. The van der Waals surface area contributed by atoms with E-state index in [1.54, 1.807) is 11.0 Å². The van der Waals surface area contributed by atoms with E-state index < -0.39 is 6.09 Å². The Morgan fingerprint density at radius 3 is 2.90 bits per heavy atom. The monoisotopic (exact) mass is 280 g/mol. The molecule has 20 heavy (non-hydrogen) atoms. The van der Waals surface area contributed by atoms with Crippen LogP contribution >= 0.6 is 0 Å². The third-order valence-corrected chi connectivity index (χ3v) is 2.73. The van der Waals surface area contributed by atoms with Crippen LogP contribution in [-0.2, 0) is 0 Å². The molecule has 1 aliphatic heterocycles. The van der Waals surface area contributed by atoms with E-state index >= 15 is 0 Å². The van der Waals surface area contributed by atoms with Gasteiger partial charge < -0.3 is 19.7 Å². The second-order valence-electron chi connectivity index (χ2n) is 4.99. The molecule has 110 valence electrons. The largest absolute Gasteiger partial charge is 0.477 e. The smallest absolute Gasteiger partial charge is 0.417 e. The minimum absolute atomic E-state index is 0.0230. The third kappa shape index (κ3) is 4.34. The van der Waals surface area contributed by atoms with Gasteiger partial charge in [-0.2, -0.15) is 4.98 Å². The van der Waals surface area contributed by atoms with Crippen molar-refractivity contribution in [2.45, 2.75) is 13.8 Å². The van der Waals surface area contributed by atoms with Crippen LogP contribution in [0.4, 0.5) is 4.79 Å². The number of aromatic nitrogens is 2. The zero-order valence-corrected chi connectivity index (χ0v) is 11.8. The number of rotatable bonds is 4. The summed E-state index contributed by atoms with van der Waals surface area (Å²) in [5, 5.41) is 3.17. The number of hydrogen-bond donors (Lipinski definition) is 1. The third-order valence-electron chi connectivity index (χ3n) is 2.73. The topological polar surface area (TPSA) is 76.6 Å². The lowest BCUT2D eigenvalue weighted by molar-refractivity contribution is 0.141. The normalized spacial score (nSPS) is 15.2. The first-order valence-electron chi connectivity index (χ1n) is 6.78. The molecule has 1 fully saturated rings. The van der Waals surface area contributed by atoms with Gasteiger partial charge in [-0.1, -0.05) is 13.8 Å². The van der Waals surface area contributed by atoms with Crippen molar-refractivity contribution in [1.29, 1.82) is 0 Å². The van der Waals surface area contributed by atoms with Gasteiger partial charge in [0.1, 0.15) is 0 Å². The molecule has 0 aromatic carbocycles. The molecule has 1 aliphatic rings. The molecule has 0 spiro atoms. The highest BCUT2D eigenvalue weighted by Gasteiger charge is 2.19. The first kappa shape index (κ1) is 14.5. The van der Waals surface area contributed by atoms with Gasteiger partial charge >= 0.3 is 12.1 Å². The average molecular weight is 280 g/mol. The van der Waals surface area contributed by atoms with Crippen LogP contribution in [0.25, 0.3) is 0 Å². The van der Waals surface area contributed by atoms with E-state index in [1.807, 2.05) is 13.8 Å². The Balaban J connectivity index is 1.91.